The van der Waals surface area contributed by atoms with Crippen LogP contribution in [0.2, 0.25) is 0 Å². The van der Waals surface area contributed by atoms with Crippen molar-refractivity contribution < 1.29 is 27.8 Å². The first kappa shape index (κ1) is 23.6. The average Bonchev–Trinajstić information content (AvgIpc) is 3.25. The first-order valence-electron chi connectivity index (χ1n) is 11.3. The van der Waals surface area contributed by atoms with Crippen molar-refractivity contribution >= 4 is 6.03 Å². The largest absolute Gasteiger partial charge is 0.416 e. The van der Waals surface area contributed by atoms with E-state index in [0.29, 0.717) is 52.2 Å². The van der Waals surface area contributed by atoms with Crippen LogP contribution >= 0.6 is 0 Å². The van der Waals surface area contributed by atoms with Gasteiger partial charge in [-0.1, -0.05) is 12.1 Å². The van der Waals surface area contributed by atoms with E-state index < -0.39 is 17.8 Å². The molecule has 0 saturated carbocycles. The Hall–Kier alpha value is -2.59. The summed E-state index contributed by atoms with van der Waals surface area (Å²) in [5.74, 6) is -0.178. The molecule has 33 heavy (non-hydrogen) atoms. The second kappa shape index (κ2) is 9.72. The molecule has 4 rings (SSSR count). The number of benzene rings is 1. The molecule has 2 saturated heterocycles. The molecular formula is C23H29F3N4O3. The fourth-order valence-corrected chi connectivity index (χ4v) is 4.51. The summed E-state index contributed by atoms with van der Waals surface area (Å²) >= 11 is 0. The number of aliphatic hydroxyl groups excluding tert-OH is 1. The van der Waals surface area contributed by atoms with Crippen molar-refractivity contribution in [1.82, 2.24) is 20.0 Å². The normalized spacial score (nSPS) is 21.8. The maximum absolute atomic E-state index is 13.0. The van der Waals surface area contributed by atoms with E-state index in [2.05, 4.69) is 10.2 Å². The molecule has 7 nitrogen and oxygen atoms in total. The monoisotopic (exact) mass is 466 g/mol. The summed E-state index contributed by atoms with van der Waals surface area (Å²) in [7, 11) is 0. The molecule has 0 aliphatic carbocycles. The van der Waals surface area contributed by atoms with Crippen LogP contribution < -0.4 is 0 Å². The molecule has 0 radical (unpaired) electrons. The maximum Gasteiger partial charge on any atom is 0.416 e. The van der Waals surface area contributed by atoms with Gasteiger partial charge in [-0.3, -0.25) is 5.10 Å². The minimum atomic E-state index is -4.39. The highest BCUT2D eigenvalue weighted by Crippen LogP contribution is 2.37. The molecule has 10 heteroatoms. The topological polar surface area (TPSA) is 81.7 Å². The summed E-state index contributed by atoms with van der Waals surface area (Å²) in [5.41, 5.74) is 1.85. The number of halogens is 3. The second-order valence-electron chi connectivity index (χ2n) is 8.76. The number of H-pyrrole nitrogens is 1. The molecule has 2 unspecified atom stereocenters. The number of aromatic amines is 1. The van der Waals surface area contributed by atoms with Gasteiger partial charge in [0.15, 0.2) is 0 Å². The molecule has 2 N–H and O–H groups in total. The number of ether oxygens (including phenoxy) is 1. The molecule has 2 fully saturated rings. The number of piperidine rings is 1. The zero-order chi connectivity index (χ0) is 23.6. The predicted molar refractivity (Wildman–Crippen MR) is 115 cm³/mol. The summed E-state index contributed by atoms with van der Waals surface area (Å²) in [6, 6.07) is 7.02. The molecular weight excluding hydrogens is 437 g/mol. The van der Waals surface area contributed by atoms with Crippen LogP contribution in [0, 0.1) is 0 Å². The molecule has 3 heterocycles. The van der Waals surface area contributed by atoms with E-state index in [4.69, 9.17) is 4.74 Å². The van der Waals surface area contributed by atoms with E-state index in [9.17, 15) is 23.1 Å². The average molecular weight is 467 g/mol. The first-order chi connectivity index (χ1) is 15.7. The van der Waals surface area contributed by atoms with Gasteiger partial charge < -0.3 is 19.6 Å². The minimum Gasteiger partial charge on any atom is -0.389 e. The van der Waals surface area contributed by atoms with Gasteiger partial charge in [-0.2, -0.15) is 18.3 Å². The van der Waals surface area contributed by atoms with E-state index >= 15 is 0 Å². The number of carbonyl (C=O) groups is 1. The van der Waals surface area contributed by atoms with Gasteiger partial charge >= 0.3 is 12.2 Å². The van der Waals surface area contributed by atoms with E-state index in [1.807, 2.05) is 13.0 Å². The molecule has 2 amide bonds. The van der Waals surface area contributed by atoms with Gasteiger partial charge in [-0.15, -0.1) is 0 Å². The maximum atomic E-state index is 13.0. The lowest BCUT2D eigenvalue weighted by Gasteiger charge is -2.43. The molecule has 1 aromatic heterocycles. The number of rotatable bonds is 6. The third kappa shape index (κ3) is 5.50. The summed E-state index contributed by atoms with van der Waals surface area (Å²) in [6.07, 6.45) is -3.52. The van der Waals surface area contributed by atoms with Crippen LogP contribution in [-0.2, 0) is 17.3 Å². The van der Waals surface area contributed by atoms with Crippen molar-refractivity contribution in [3.05, 3.63) is 52.8 Å². The molecule has 180 valence electrons. The van der Waals surface area contributed by atoms with Crippen LogP contribution in [0.5, 0.6) is 0 Å². The van der Waals surface area contributed by atoms with Crippen LogP contribution in [-0.4, -0.2) is 76.6 Å². The Morgan fingerprint density at radius 3 is 2.45 bits per heavy atom. The Balaban J connectivity index is 1.53. The van der Waals surface area contributed by atoms with Gasteiger partial charge in [-0.05, 0) is 37.1 Å². The SMILES string of the molecule is CCOCCc1cc(C2CC(c3ccc(C(F)(F)F)cc3)CN(C(=O)N3CC(O)C3)C2)n[nH]1. The van der Waals surface area contributed by atoms with Crippen molar-refractivity contribution in [2.75, 3.05) is 39.4 Å². The highest BCUT2D eigenvalue weighted by molar-refractivity contribution is 5.75. The van der Waals surface area contributed by atoms with E-state index in [-0.39, 0.29) is 17.9 Å². The summed E-state index contributed by atoms with van der Waals surface area (Å²) in [4.78, 5) is 16.3. The first-order valence-corrected chi connectivity index (χ1v) is 11.3. The van der Waals surface area contributed by atoms with Crippen molar-refractivity contribution in [1.29, 1.82) is 0 Å². The standard InChI is InChI=1S/C23H29F3N4O3/c1-2-33-8-7-19-10-21(28-27-19)17-9-16(15-3-5-18(6-4-15)23(24,25)26)11-29(12-17)22(32)30-13-20(31)14-30/h3-6,10,16-17,20,31H,2,7-9,11-14H2,1H3,(H,27,28). The van der Waals surface area contributed by atoms with E-state index in [0.717, 1.165) is 29.1 Å². The van der Waals surface area contributed by atoms with Gasteiger partial charge in [-0.25, -0.2) is 4.79 Å². The van der Waals surface area contributed by atoms with Gasteiger partial charge in [0, 0.05) is 43.6 Å². The van der Waals surface area contributed by atoms with Crippen molar-refractivity contribution in [2.45, 2.75) is 43.9 Å². The zero-order valence-corrected chi connectivity index (χ0v) is 18.5. The number of aliphatic hydroxyl groups is 1. The summed E-state index contributed by atoms with van der Waals surface area (Å²) < 4.78 is 44.4. The van der Waals surface area contributed by atoms with Crippen LogP contribution in [0.25, 0.3) is 0 Å². The highest BCUT2D eigenvalue weighted by atomic mass is 19.4. The van der Waals surface area contributed by atoms with Gasteiger partial charge in [0.25, 0.3) is 0 Å². The lowest BCUT2D eigenvalue weighted by atomic mass is 9.82. The molecule has 2 atom stereocenters. The van der Waals surface area contributed by atoms with Crippen molar-refractivity contribution in [2.24, 2.45) is 0 Å². The molecule has 2 aromatic rings. The number of urea groups is 1. The lowest BCUT2D eigenvalue weighted by Crippen LogP contribution is -2.59. The summed E-state index contributed by atoms with van der Waals surface area (Å²) in [5, 5.41) is 17.1. The highest BCUT2D eigenvalue weighted by Gasteiger charge is 2.38. The number of carbonyl (C=O) groups excluding carboxylic acids is 1. The van der Waals surface area contributed by atoms with Crippen molar-refractivity contribution in [3.63, 3.8) is 0 Å². The second-order valence-corrected chi connectivity index (χ2v) is 8.76. The van der Waals surface area contributed by atoms with E-state index in [1.165, 1.54) is 12.1 Å². The number of nitrogens with one attached hydrogen (secondary N) is 1. The van der Waals surface area contributed by atoms with Crippen molar-refractivity contribution in [3.8, 4) is 0 Å². The minimum absolute atomic E-state index is 0.0571. The van der Waals surface area contributed by atoms with Crippen LogP contribution in [0.4, 0.5) is 18.0 Å². The van der Waals surface area contributed by atoms with Crippen LogP contribution in [0.3, 0.4) is 0 Å². The fraction of sp³-hybridized carbons (Fsp3) is 0.565. The van der Waals surface area contributed by atoms with Crippen LogP contribution in [0.1, 0.15) is 47.7 Å². The number of β-amino-alcohol motifs (C(OH)–C–C–N with tert-alkyl or cyclic N) is 1. The Labute approximate surface area is 190 Å². The van der Waals surface area contributed by atoms with Crippen LogP contribution in [0.15, 0.2) is 30.3 Å². The fourth-order valence-electron chi connectivity index (χ4n) is 4.51. The number of hydrogen-bond acceptors (Lipinski definition) is 4. The quantitative estimate of drug-likeness (QED) is 0.640. The zero-order valence-electron chi connectivity index (χ0n) is 18.5. The lowest BCUT2D eigenvalue weighted by molar-refractivity contribution is -0.137. The third-order valence-corrected chi connectivity index (χ3v) is 6.35. The molecule has 0 spiro atoms. The number of aromatic nitrogens is 2. The van der Waals surface area contributed by atoms with Gasteiger partial charge in [0.05, 0.1) is 37.1 Å². The predicted octanol–water partition coefficient (Wildman–Crippen LogP) is 3.38. The molecule has 0 bridgehead atoms. The molecule has 1 aromatic carbocycles. The number of amides is 2. The Bertz CT molecular complexity index is 941. The third-order valence-electron chi connectivity index (χ3n) is 6.35. The number of hydrogen-bond donors (Lipinski definition) is 2. The summed E-state index contributed by atoms with van der Waals surface area (Å²) in [6.45, 7) is 4.64. The number of alkyl halides is 3. The van der Waals surface area contributed by atoms with Gasteiger partial charge in [0.1, 0.15) is 0 Å². The molecule has 2 aliphatic heterocycles. The van der Waals surface area contributed by atoms with E-state index in [1.54, 1.807) is 9.80 Å². The Morgan fingerprint density at radius 1 is 1.15 bits per heavy atom. The number of nitrogens with zero attached hydrogens (tertiary/aromatic N) is 3. The number of likely N-dealkylation sites (tertiary alicyclic amines) is 2. The van der Waals surface area contributed by atoms with Gasteiger partial charge in [0.2, 0.25) is 0 Å². The molecule has 2 aliphatic rings. The smallest absolute Gasteiger partial charge is 0.389 e. The Morgan fingerprint density at radius 2 is 1.82 bits per heavy atom. The Kier molecular flexibility index (Phi) is 6.94.